The summed E-state index contributed by atoms with van der Waals surface area (Å²) in [5, 5.41) is 2.82. The van der Waals surface area contributed by atoms with E-state index in [2.05, 4.69) is 15.3 Å². The second-order valence-corrected chi connectivity index (χ2v) is 7.34. The second kappa shape index (κ2) is 7.86. The van der Waals surface area contributed by atoms with Crippen molar-refractivity contribution in [1.82, 2.24) is 19.7 Å². The van der Waals surface area contributed by atoms with E-state index in [4.69, 9.17) is 0 Å². The Morgan fingerprint density at radius 2 is 1.84 bits per heavy atom. The molecule has 5 nitrogen and oxygen atoms in total. The Kier molecular flexibility index (Phi) is 5.22. The van der Waals surface area contributed by atoms with Crippen LogP contribution in [-0.4, -0.2) is 20.3 Å². The number of benzene rings is 1. The van der Waals surface area contributed by atoms with Crippen LogP contribution in [0.5, 0.6) is 0 Å². The fourth-order valence-corrected chi connectivity index (χ4v) is 3.30. The van der Waals surface area contributed by atoms with E-state index in [-0.39, 0.29) is 5.91 Å². The van der Waals surface area contributed by atoms with E-state index in [1.54, 1.807) is 36.0 Å². The van der Waals surface area contributed by atoms with Crippen molar-refractivity contribution < 1.29 is 18.0 Å². The number of hydrogen-bond acceptors (Lipinski definition) is 3. The van der Waals surface area contributed by atoms with E-state index >= 15 is 0 Å². The summed E-state index contributed by atoms with van der Waals surface area (Å²) in [4.78, 5) is 20.8. The highest BCUT2D eigenvalue weighted by atomic mass is 19.4. The number of alkyl halides is 3. The third-order valence-corrected chi connectivity index (χ3v) is 5.04. The van der Waals surface area contributed by atoms with Gasteiger partial charge in [-0.15, -0.1) is 0 Å². The number of aromatic nitrogens is 3. The number of nitrogens with one attached hydrogen (secondary N) is 1. The predicted molar refractivity (Wildman–Crippen MR) is 110 cm³/mol. The maximum absolute atomic E-state index is 12.9. The fraction of sp³-hybridized carbons (Fsp3) is 0.174. The van der Waals surface area contributed by atoms with Gasteiger partial charge in [0.1, 0.15) is 11.3 Å². The van der Waals surface area contributed by atoms with Crippen molar-refractivity contribution in [3.8, 4) is 11.1 Å². The topological polar surface area (TPSA) is 59.3 Å². The molecule has 3 aromatic heterocycles. The van der Waals surface area contributed by atoms with E-state index in [0.29, 0.717) is 11.1 Å². The molecule has 4 rings (SSSR count). The zero-order valence-corrected chi connectivity index (χ0v) is 16.8. The van der Waals surface area contributed by atoms with Gasteiger partial charge < -0.3 is 9.72 Å². The Labute approximate surface area is 176 Å². The number of carbonyl (C=O) groups excluding carboxylic acids is 1. The molecule has 0 bridgehead atoms. The largest absolute Gasteiger partial charge is 0.433 e. The summed E-state index contributed by atoms with van der Waals surface area (Å²) in [6.45, 7) is 3.69. The van der Waals surface area contributed by atoms with Gasteiger partial charge in [-0.1, -0.05) is 35.9 Å². The lowest BCUT2D eigenvalue weighted by Crippen LogP contribution is -2.27. The minimum atomic E-state index is -4.50. The number of halogens is 3. The Hall–Kier alpha value is -3.68. The average Bonchev–Trinajstić information content (AvgIpc) is 3.22. The highest BCUT2D eigenvalue weighted by Gasteiger charge is 2.32. The van der Waals surface area contributed by atoms with Gasteiger partial charge in [0.25, 0.3) is 5.91 Å². The molecule has 0 fully saturated rings. The monoisotopic (exact) mass is 424 g/mol. The van der Waals surface area contributed by atoms with Gasteiger partial charge in [-0.2, -0.15) is 13.2 Å². The fourth-order valence-electron chi connectivity index (χ4n) is 3.30. The molecule has 1 aromatic carbocycles. The average molecular weight is 424 g/mol. The molecule has 1 atom stereocenters. The predicted octanol–water partition coefficient (Wildman–Crippen LogP) is 5.21. The standard InChI is InChI=1S/C23H19F3N4O/c1-14-3-5-16(6-4-14)19-11-18(13-30-10-9-27-21(19)30)22(31)29-15(2)17-7-8-20(28-12-17)23(24,25)26/h3-13,15H,1-2H3,(H,29,31)/t15-/m1/s1. The molecule has 0 aliphatic carbocycles. The molecule has 4 aromatic rings. The van der Waals surface area contributed by atoms with Gasteiger partial charge in [0, 0.05) is 30.4 Å². The molecule has 31 heavy (non-hydrogen) atoms. The van der Waals surface area contributed by atoms with Crippen LogP contribution in [0.1, 0.15) is 40.1 Å². The van der Waals surface area contributed by atoms with Gasteiger partial charge >= 0.3 is 6.18 Å². The lowest BCUT2D eigenvalue weighted by molar-refractivity contribution is -0.141. The first-order valence-electron chi connectivity index (χ1n) is 9.60. The molecule has 0 saturated carbocycles. The lowest BCUT2D eigenvalue weighted by atomic mass is 10.0. The van der Waals surface area contributed by atoms with Gasteiger partial charge in [-0.05, 0) is 37.1 Å². The van der Waals surface area contributed by atoms with Crippen LogP contribution in [0.4, 0.5) is 13.2 Å². The number of fused-ring (bicyclic) bond motifs is 1. The summed E-state index contributed by atoms with van der Waals surface area (Å²) in [5.74, 6) is -0.351. The van der Waals surface area contributed by atoms with Gasteiger partial charge in [-0.25, -0.2) is 4.98 Å². The van der Waals surface area contributed by atoms with E-state index in [1.165, 1.54) is 6.07 Å². The van der Waals surface area contributed by atoms with E-state index in [1.807, 2.05) is 31.2 Å². The summed E-state index contributed by atoms with van der Waals surface area (Å²) < 4.78 is 39.9. The molecule has 0 spiro atoms. The Bertz CT molecular complexity index is 1230. The first kappa shape index (κ1) is 20.6. The second-order valence-electron chi connectivity index (χ2n) is 7.34. The van der Waals surface area contributed by atoms with Crippen molar-refractivity contribution in [2.45, 2.75) is 26.1 Å². The third-order valence-electron chi connectivity index (χ3n) is 5.04. The van der Waals surface area contributed by atoms with Crippen LogP contribution in [-0.2, 0) is 6.18 Å². The van der Waals surface area contributed by atoms with Crippen molar-refractivity contribution in [3.05, 3.63) is 89.6 Å². The smallest absolute Gasteiger partial charge is 0.345 e. The third kappa shape index (κ3) is 4.28. The van der Waals surface area contributed by atoms with Crippen molar-refractivity contribution in [2.75, 3.05) is 0 Å². The first-order chi connectivity index (χ1) is 14.7. The number of rotatable bonds is 4. The van der Waals surface area contributed by atoms with Gasteiger partial charge in [-0.3, -0.25) is 9.78 Å². The summed E-state index contributed by atoms with van der Waals surface area (Å²) in [7, 11) is 0. The maximum Gasteiger partial charge on any atom is 0.433 e. The van der Waals surface area contributed by atoms with Crippen LogP contribution >= 0.6 is 0 Å². The van der Waals surface area contributed by atoms with Crippen LogP contribution in [0.25, 0.3) is 16.8 Å². The van der Waals surface area contributed by atoms with Crippen LogP contribution in [0, 0.1) is 6.92 Å². The van der Waals surface area contributed by atoms with Crippen molar-refractivity contribution in [1.29, 1.82) is 0 Å². The van der Waals surface area contributed by atoms with Crippen LogP contribution < -0.4 is 5.32 Å². The number of nitrogens with zero attached hydrogens (tertiary/aromatic N) is 3. The van der Waals surface area contributed by atoms with Crippen LogP contribution in [0.15, 0.2) is 67.3 Å². The highest BCUT2D eigenvalue weighted by molar-refractivity contribution is 5.97. The minimum absolute atomic E-state index is 0.351. The normalized spacial score (nSPS) is 12.7. The molecule has 1 amide bonds. The van der Waals surface area contributed by atoms with E-state index in [0.717, 1.165) is 34.6 Å². The summed E-state index contributed by atoms with van der Waals surface area (Å²) in [5.41, 5.74) is 3.49. The first-order valence-corrected chi connectivity index (χ1v) is 9.60. The molecule has 158 valence electrons. The molecule has 0 radical (unpaired) electrons. The van der Waals surface area contributed by atoms with Gasteiger partial charge in [0.05, 0.1) is 11.6 Å². The molecule has 0 saturated heterocycles. The van der Waals surface area contributed by atoms with E-state index < -0.39 is 17.9 Å². The molecule has 1 N–H and O–H groups in total. The number of aryl methyl sites for hydroxylation is 1. The molecule has 3 heterocycles. The molecule has 0 unspecified atom stereocenters. The summed E-state index contributed by atoms with van der Waals surface area (Å²) in [6.07, 6.45) is 1.72. The lowest BCUT2D eigenvalue weighted by Gasteiger charge is -2.16. The Morgan fingerprint density at radius 1 is 1.10 bits per heavy atom. The zero-order valence-electron chi connectivity index (χ0n) is 16.8. The maximum atomic E-state index is 12.9. The molecular weight excluding hydrogens is 405 g/mol. The molecule has 8 heteroatoms. The SMILES string of the molecule is Cc1ccc(-c2cc(C(=O)N[C@H](C)c3ccc(C(F)(F)F)nc3)cn3ccnc23)cc1. The van der Waals surface area contributed by atoms with Gasteiger partial charge in [0.2, 0.25) is 0 Å². The number of pyridine rings is 2. The van der Waals surface area contributed by atoms with E-state index in [9.17, 15) is 18.0 Å². The number of imidazole rings is 1. The van der Waals surface area contributed by atoms with Gasteiger partial charge in [0.15, 0.2) is 0 Å². The summed E-state index contributed by atoms with van der Waals surface area (Å²) >= 11 is 0. The highest BCUT2D eigenvalue weighted by Crippen LogP contribution is 2.28. The quantitative estimate of drug-likeness (QED) is 0.489. The Morgan fingerprint density at radius 3 is 2.48 bits per heavy atom. The molecule has 0 aliphatic rings. The number of amides is 1. The number of carbonyl (C=O) groups is 1. The zero-order chi connectivity index (χ0) is 22.2. The van der Waals surface area contributed by atoms with Crippen molar-refractivity contribution in [2.24, 2.45) is 0 Å². The van der Waals surface area contributed by atoms with Crippen LogP contribution in [0.2, 0.25) is 0 Å². The minimum Gasteiger partial charge on any atom is -0.345 e. The summed E-state index contributed by atoms with van der Waals surface area (Å²) in [6, 6.07) is 11.4. The van der Waals surface area contributed by atoms with Crippen LogP contribution in [0.3, 0.4) is 0 Å². The number of hydrogen-bond donors (Lipinski definition) is 1. The van der Waals surface area contributed by atoms with Crippen molar-refractivity contribution >= 4 is 11.6 Å². The molecule has 0 aliphatic heterocycles. The molecular formula is C23H19F3N4O. The Balaban J connectivity index is 1.61. The van der Waals surface area contributed by atoms with Crippen molar-refractivity contribution in [3.63, 3.8) is 0 Å².